The Kier molecular flexibility index (Phi) is 4.01. The van der Waals surface area contributed by atoms with Crippen LogP contribution in [0, 0.1) is 5.92 Å². The minimum Gasteiger partial charge on any atom is -0.545 e. The number of allylic oxidation sites excluding steroid dienone is 2. The van der Waals surface area contributed by atoms with E-state index in [4.69, 9.17) is 0 Å². The van der Waals surface area contributed by atoms with Gasteiger partial charge >= 0.3 is 0 Å². The first-order chi connectivity index (χ1) is 13.7. The molecule has 2 aliphatic rings. The monoisotopic (exact) mass is 366 g/mol. The van der Waals surface area contributed by atoms with Crippen molar-refractivity contribution in [1.82, 2.24) is 0 Å². The lowest BCUT2D eigenvalue weighted by atomic mass is 9.76. The highest BCUT2D eigenvalue weighted by Gasteiger charge is 2.38. The number of carboxylic acid groups (broad SMARTS) is 1. The van der Waals surface area contributed by atoms with Crippen molar-refractivity contribution in [3.8, 4) is 11.1 Å². The number of nitrogens with one attached hydrogen (secondary N) is 1. The van der Waals surface area contributed by atoms with Gasteiger partial charge in [0, 0.05) is 17.2 Å². The number of anilines is 1. The van der Waals surface area contributed by atoms with Crippen LogP contribution in [0.5, 0.6) is 0 Å². The lowest BCUT2D eigenvalue weighted by Gasteiger charge is -2.38. The van der Waals surface area contributed by atoms with Crippen molar-refractivity contribution >= 4 is 11.7 Å². The molecule has 3 atom stereocenters. The first kappa shape index (κ1) is 16.8. The fourth-order valence-electron chi connectivity index (χ4n) is 4.64. The van der Waals surface area contributed by atoms with Crippen LogP contribution in [-0.2, 0) is 0 Å². The molecule has 3 aromatic rings. The Hall–Kier alpha value is -3.33. The Morgan fingerprint density at radius 1 is 0.929 bits per heavy atom. The minimum absolute atomic E-state index is 0.133. The van der Waals surface area contributed by atoms with Crippen molar-refractivity contribution in [2.24, 2.45) is 5.92 Å². The van der Waals surface area contributed by atoms with Crippen LogP contribution in [-0.4, -0.2) is 5.97 Å². The van der Waals surface area contributed by atoms with Gasteiger partial charge in [-0.1, -0.05) is 84.9 Å². The summed E-state index contributed by atoms with van der Waals surface area (Å²) in [6.45, 7) is 0. The highest BCUT2D eigenvalue weighted by atomic mass is 16.4. The normalized spacial score (nSPS) is 22.2. The van der Waals surface area contributed by atoms with Gasteiger partial charge in [0.1, 0.15) is 0 Å². The van der Waals surface area contributed by atoms with E-state index < -0.39 is 5.97 Å². The number of hydrogen-bond donors (Lipinski definition) is 1. The van der Waals surface area contributed by atoms with Crippen molar-refractivity contribution in [3.05, 3.63) is 102 Å². The minimum atomic E-state index is -1.14. The Labute approximate surface area is 164 Å². The Morgan fingerprint density at radius 3 is 2.46 bits per heavy atom. The summed E-state index contributed by atoms with van der Waals surface area (Å²) in [5, 5.41) is 14.9. The summed E-state index contributed by atoms with van der Waals surface area (Å²) >= 11 is 0. The third-order valence-electron chi connectivity index (χ3n) is 5.99. The second kappa shape index (κ2) is 6.68. The summed E-state index contributed by atoms with van der Waals surface area (Å²) in [4.78, 5) is 11.1. The molecule has 0 amide bonds. The number of carbonyl (C=O) groups is 1. The molecule has 1 N–H and O–H groups in total. The molecular weight excluding hydrogens is 346 g/mol. The van der Waals surface area contributed by atoms with Crippen molar-refractivity contribution in [1.29, 1.82) is 0 Å². The lowest BCUT2D eigenvalue weighted by Crippen LogP contribution is -2.29. The van der Waals surface area contributed by atoms with Gasteiger partial charge in [-0.15, -0.1) is 0 Å². The molecular formula is C25H20NO2-. The summed E-state index contributed by atoms with van der Waals surface area (Å²) in [6.07, 6.45) is 5.60. The second-order valence-electron chi connectivity index (χ2n) is 7.52. The summed E-state index contributed by atoms with van der Waals surface area (Å²) in [7, 11) is 0. The van der Waals surface area contributed by atoms with E-state index in [9.17, 15) is 9.90 Å². The zero-order valence-electron chi connectivity index (χ0n) is 15.3. The van der Waals surface area contributed by atoms with Crippen LogP contribution in [0.2, 0.25) is 0 Å². The third kappa shape index (κ3) is 2.71. The molecule has 0 unspecified atom stereocenters. The molecule has 0 aromatic heterocycles. The standard InChI is InChI=1S/C25H21NO2/c27-25(28)18-14-12-17(13-15-18)23-21-10-5-9-20(21)22-11-4-8-19(24(22)26-23)16-6-2-1-3-7-16/h1-9,11-15,20-21,23,26H,10H2,(H,27,28)/p-1/t20-,21+,23+/m0/s1. The largest absolute Gasteiger partial charge is 0.545 e. The van der Waals surface area contributed by atoms with Gasteiger partial charge in [-0.25, -0.2) is 0 Å². The van der Waals surface area contributed by atoms with Gasteiger partial charge in [-0.05, 0) is 34.6 Å². The number of aromatic carboxylic acids is 1. The average molecular weight is 366 g/mol. The molecule has 1 aliphatic carbocycles. The second-order valence-corrected chi connectivity index (χ2v) is 7.52. The summed E-state index contributed by atoms with van der Waals surface area (Å²) in [6, 6.07) is 24.2. The van der Waals surface area contributed by atoms with Crippen molar-refractivity contribution < 1.29 is 9.90 Å². The first-order valence-corrected chi connectivity index (χ1v) is 9.65. The van der Waals surface area contributed by atoms with Gasteiger partial charge in [0.2, 0.25) is 0 Å². The highest BCUT2D eigenvalue weighted by molar-refractivity contribution is 5.86. The van der Waals surface area contributed by atoms with Gasteiger partial charge < -0.3 is 15.2 Å². The predicted octanol–water partition coefficient (Wildman–Crippen LogP) is 4.54. The van der Waals surface area contributed by atoms with Crippen molar-refractivity contribution in [3.63, 3.8) is 0 Å². The van der Waals surface area contributed by atoms with E-state index in [1.807, 2.05) is 18.2 Å². The van der Waals surface area contributed by atoms with E-state index in [1.54, 1.807) is 12.1 Å². The molecule has 138 valence electrons. The zero-order chi connectivity index (χ0) is 19.1. The van der Waals surface area contributed by atoms with Gasteiger partial charge in [-0.3, -0.25) is 0 Å². The summed E-state index contributed by atoms with van der Waals surface area (Å²) in [5.41, 5.74) is 6.23. The maximum Gasteiger partial charge on any atom is 0.0715 e. The third-order valence-corrected chi connectivity index (χ3v) is 5.99. The molecule has 3 heteroatoms. The molecule has 0 radical (unpaired) electrons. The SMILES string of the molecule is O=C([O-])c1ccc([C@H]2Nc3c(-c4ccccc4)cccc3[C@H]3C=CC[C@H]32)cc1. The predicted molar refractivity (Wildman–Crippen MR) is 109 cm³/mol. The van der Waals surface area contributed by atoms with Gasteiger partial charge in [-0.2, -0.15) is 0 Å². The van der Waals surface area contributed by atoms with Crippen molar-refractivity contribution in [2.75, 3.05) is 5.32 Å². The van der Waals surface area contributed by atoms with Crippen LogP contribution in [0.15, 0.2) is 84.9 Å². The van der Waals surface area contributed by atoms with E-state index in [-0.39, 0.29) is 11.6 Å². The molecule has 0 saturated carbocycles. The van der Waals surface area contributed by atoms with Gasteiger partial charge in [0.25, 0.3) is 0 Å². The number of fused-ring (bicyclic) bond motifs is 3. The first-order valence-electron chi connectivity index (χ1n) is 9.65. The quantitative estimate of drug-likeness (QED) is 0.692. The number of hydrogen-bond acceptors (Lipinski definition) is 3. The molecule has 0 bridgehead atoms. The fourth-order valence-corrected chi connectivity index (χ4v) is 4.64. The molecule has 0 spiro atoms. The maximum absolute atomic E-state index is 11.1. The number of rotatable bonds is 3. The zero-order valence-corrected chi connectivity index (χ0v) is 15.3. The van der Waals surface area contributed by atoms with Crippen LogP contribution in [0.25, 0.3) is 11.1 Å². The Balaban J connectivity index is 1.60. The van der Waals surface area contributed by atoms with Crippen LogP contribution < -0.4 is 10.4 Å². The van der Waals surface area contributed by atoms with E-state index >= 15 is 0 Å². The van der Waals surface area contributed by atoms with E-state index in [2.05, 4.69) is 59.9 Å². The molecule has 0 fully saturated rings. The summed E-state index contributed by atoms with van der Waals surface area (Å²) in [5.74, 6) is -0.349. The number of carbonyl (C=O) groups excluding carboxylic acids is 1. The van der Waals surface area contributed by atoms with Crippen LogP contribution in [0.1, 0.15) is 39.9 Å². The van der Waals surface area contributed by atoms with Crippen LogP contribution in [0.4, 0.5) is 5.69 Å². The number of benzene rings is 3. The molecule has 3 aromatic carbocycles. The maximum atomic E-state index is 11.1. The van der Waals surface area contributed by atoms with Crippen LogP contribution >= 0.6 is 0 Å². The topological polar surface area (TPSA) is 52.2 Å². The van der Waals surface area contributed by atoms with E-state index in [0.29, 0.717) is 11.8 Å². The number of carboxylic acids is 1. The smallest absolute Gasteiger partial charge is 0.0715 e. The molecule has 1 aliphatic heterocycles. The van der Waals surface area contributed by atoms with Crippen molar-refractivity contribution in [2.45, 2.75) is 18.4 Å². The molecule has 1 heterocycles. The Bertz CT molecular complexity index is 1050. The molecule has 0 saturated heterocycles. The van der Waals surface area contributed by atoms with E-state index in [1.165, 1.54) is 22.4 Å². The lowest BCUT2D eigenvalue weighted by molar-refractivity contribution is -0.255. The van der Waals surface area contributed by atoms with E-state index in [0.717, 1.165) is 12.0 Å². The molecule has 28 heavy (non-hydrogen) atoms. The number of para-hydroxylation sites is 1. The van der Waals surface area contributed by atoms with Gasteiger partial charge in [0.05, 0.1) is 12.0 Å². The summed E-state index contributed by atoms with van der Waals surface area (Å²) < 4.78 is 0. The highest BCUT2D eigenvalue weighted by Crippen LogP contribution is 2.52. The Morgan fingerprint density at radius 2 is 1.71 bits per heavy atom. The van der Waals surface area contributed by atoms with Gasteiger partial charge in [0.15, 0.2) is 0 Å². The fraction of sp³-hybridized carbons (Fsp3) is 0.160. The molecule has 5 rings (SSSR count). The van der Waals surface area contributed by atoms with Crippen LogP contribution in [0.3, 0.4) is 0 Å². The average Bonchev–Trinajstić information content (AvgIpc) is 3.24. The molecule has 3 nitrogen and oxygen atoms in total.